The average molecular weight is 293 g/mol. The van der Waals surface area contributed by atoms with Gasteiger partial charge < -0.3 is 9.84 Å². The number of ether oxygens (including phenoxy) is 1. The molecular weight excluding hydrogens is 286 g/mol. The Balaban J connectivity index is 2.53. The van der Waals surface area contributed by atoms with Gasteiger partial charge in [0.05, 0.1) is 12.0 Å². The van der Waals surface area contributed by atoms with Gasteiger partial charge in [-0.3, -0.25) is 10.1 Å². The summed E-state index contributed by atoms with van der Waals surface area (Å²) >= 11 is 0. The van der Waals surface area contributed by atoms with E-state index in [1.165, 1.54) is 0 Å². The summed E-state index contributed by atoms with van der Waals surface area (Å²) in [4.78, 5) is 39.6. The third-order valence-electron chi connectivity index (χ3n) is 2.37. The third-order valence-corrected chi connectivity index (χ3v) is 2.37. The highest BCUT2D eigenvalue weighted by Crippen LogP contribution is 2.18. The van der Waals surface area contributed by atoms with Gasteiger partial charge in [0.25, 0.3) is 11.5 Å². The van der Waals surface area contributed by atoms with Crippen molar-refractivity contribution in [2.75, 3.05) is 7.11 Å². The second-order valence-electron chi connectivity index (χ2n) is 3.63. The topological polar surface area (TPSA) is 150 Å². The van der Waals surface area contributed by atoms with Gasteiger partial charge in [-0.2, -0.15) is 0 Å². The van der Waals surface area contributed by atoms with Crippen LogP contribution in [0.2, 0.25) is 0 Å². The van der Waals surface area contributed by atoms with Crippen LogP contribution < -0.4 is 0 Å². The number of methoxy groups -OCH3 is 1. The highest BCUT2D eigenvalue weighted by molar-refractivity contribution is 5.92. The number of hydrogen-bond donors (Lipinski definition) is 1. The average Bonchev–Trinajstić information content (AvgIpc) is 2.95. The molecule has 0 aromatic carbocycles. The Hall–Kier alpha value is -3.37. The molecule has 2 aromatic heterocycles. The van der Waals surface area contributed by atoms with Gasteiger partial charge in [0.15, 0.2) is 5.82 Å². The summed E-state index contributed by atoms with van der Waals surface area (Å²) in [5.41, 5.74) is -0.935. The molecule has 0 bridgehead atoms. The van der Waals surface area contributed by atoms with Crippen LogP contribution in [0.25, 0.3) is 5.82 Å². The molecule has 21 heavy (non-hydrogen) atoms. The fraction of sp³-hybridized carbons (Fsp3) is 0.100. The normalized spacial score (nSPS) is 10.1. The predicted octanol–water partition coefficient (Wildman–Crippen LogP) is 0.0553. The van der Waals surface area contributed by atoms with E-state index in [-0.39, 0.29) is 11.6 Å². The predicted molar refractivity (Wildman–Crippen MR) is 64.1 cm³/mol. The number of carbonyl (C=O) groups excluding carboxylic acids is 1. The highest BCUT2D eigenvalue weighted by Gasteiger charge is 2.21. The van der Waals surface area contributed by atoms with Crippen molar-refractivity contribution >= 4 is 17.6 Å². The van der Waals surface area contributed by atoms with Crippen LogP contribution in [-0.2, 0) is 4.74 Å². The van der Waals surface area contributed by atoms with E-state index >= 15 is 0 Å². The zero-order chi connectivity index (χ0) is 15.6. The molecule has 0 atom stereocenters. The number of hydrogen-bond acceptors (Lipinski definition) is 8. The quantitative estimate of drug-likeness (QED) is 0.468. The van der Waals surface area contributed by atoms with Gasteiger partial charge in [0.1, 0.15) is 18.1 Å². The number of nitro groups is 1. The second-order valence-corrected chi connectivity index (χ2v) is 3.63. The molecule has 0 unspecified atom stereocenters. The van der Waals surface area contributed by atoms with Crippen molar-refractivity contribution in [1.82, 2.24) is 19.7 Å². The number of carbonyl (C=O) groups is 2. The van der Waals surface area contributed by atoms with Crippen LogP contribution in [-0.4, -0.2) is 48.8 Å². The molecule has 0 aliphatic carbocycles. The van der Waals surface area contributed by atoms with Crippen LogP contribution >= 0.6 is 0 Å². The van der Waals surface area contributed by atoms with Gasteiger partial charge in [-0.1, -0.05) is 0 Å². The van der Waals surface area contributed by atoms with Crippen LogP contribution in [0.15, 0.2) is 18.6 Å². The molecule has 11 nitrogen and oxygen atoms in total. The molecule has 2 rings (SSSR count). The van der Waals surface area contributed by atoms with Crippen molar-refractivity contribution in [3.05, 3.63) is 40.1 Å². The summed E-state index contributed by atoms with van der Waals surface area (Å²) in [6.07, 6.45) is 1.92. The highest BCUT2D eigenvalue weighted by atomic mass is 16.6. The standard InChI is InChI=1S/C10H7N5O6/c1-21-10(18)7-12-4-14(13-7)8-6(9(16)17)2-5(3-11-8)15(19)20/h2-4H,1H3,(H,16,17). The van der Waals surface area contributed by atoms with Crippen molar-refractivity contribution in [2.24, 2.45) is 0 Å². The molecule has 0 fully saturated rings. The molecule has 0 spiro atoms. The van der Waals surface area contributed by atoms with E-state index in [0.29, 0.717) is 0 Å². The molecule has 0 saturated carbocycles. The van der Waals surface area contributed by atoms with Gasteiger partial charge in [0, 0.05) is 6.07 Å². The minimum Gasteiger partial charge on any atom is -0.478 e. The van der Waals surface area contributed by atoms with Gasteiger partial charge in [0.2, 0.25) is 0 Å². The van der Waals surface area contributed by atoms with E-state index in [1.807, 2.05) is 0 Å². The maximum atomic E-state index is 11.2. The third kappa shape index (κ3) is 2.65. The summed E-state index contributed by atoms with van der Waals surface area (Å²) in [5.74, 6) is -2.76. The number of carboxylic acid groups (broad SMARTS) is 1. The Morgan fingerprint density at radius 2 is 2.14 bits per heavy atom. The van der Waals surface area contributed by atoms with Crippen molar-refractivity contribution in [3.8, 4) is 5.82 Å². The van der Waals surface area contributed by atoms with Gasteiger partial charge in [-0.25, -0.2) is 24.2 Å². The van der Waals surface area contributed by atoms with Crippen LogP contribution in [0.1, 0.15) is 21.0 Å². The number of pyridine rings is 1. The lowest BCUT2D eigenvalue weighted by molar-refractivity contribution is -0.385. The number of rotatable bonds is 4. The lowest BCUT2D eigenvalue weighted by atomic mass is 10.2. The van der Waals surface area contributed by atoms with Crippen LogP contribution in [0, 0.1) is 10.1 Å². The maximum Gasteiger partial charge on any atom is 0.377 e. The van der Waals surface area contributed by atoms with Crippen molar-refractivity contribution in [2.45, 2.75) is 0 Å². The summed E-state index contributed by atoms with van der Waals surface area (Å²) in [7, 11) is 1.13. The Labute approximate surface area is 116 Å². The SMILES string of the molecule is COC(=O)c1ncn(-c2ncc([N+](=O)[O-])cc2C(=O)O)n1. The van der Waals surface area contributed by atoms with Gasteiger partial charge in [-0.15, -0.1) is 5.10 Å². The summed E-state index contributed by atoms with van der Waals surface area (Å²) in [6.45, 7) is 0. The molecule has 0 radical (unpaired) electrons. The zero-order valence-corrected chi connectivity index (χ0v) is 10.5. The lowest BCUT2D eigenvalue weighted by Crippen LogP contribution is -2.10. The van der Waals surface area contributed by atoms with E-state index in [9.17, 15) is 19.7 Å². The first kappa shape index (κ1) is 14.0. The minimum atomic E-state index is -1.43. The van der Waals surface area contributed by atoms with Crippen molar-refractivity contribution in [3.63, 3.8) is 0 Å². The number of esters is 1. The Kier molecular flexibility index (Phi) is 3.56. The van der Waals surface area contributed by atoms with E-state index in [4.69, 9.17) is 5.11 Å². The molecule has 1 N–H and O–H groups in total. The Morgan fingerprint density at radius 1 is 1.43 bits per heavy atom. The Bertz CT molecular complexity index is 739. The molecule has 2 heterocycles. The number of nitrogens with zero attached hydrogens (tertiary/aromatic N) is 5. The molecule has 0 amide bonds. The van der Waals surface area contributed by atoms with Crippen LogP contribution in [0.5, 0.6) is 0 Å². The Morgan fingerprint density at radius 3 is 2.71 bits per heavy atom. The van der Waals surface area contributed by atoms with E-state index in [1.54, 1.807) is 0 Å². The first-order valence-electron chi connectivity index (χ1n) is 5.32. The largest absolute Gasteiger partial charge is 0.478 e. The number of aromatic carboxylic acids is 1. The maximum absolute atomic E-state index is 11.2. The molecule has 0 aliphatic rings. The zero-order valence-electron chi connectivity index (χ0n) is 10.5. The summed E-state index contributed by atoms with van der Waals surface area (Å²) in [5, 5.41) is 23.4. The summed E-state index contributed by atoms with van der Waals surface area (Å²) in [6, 6.07) is 0.837. The monoisotopic (exact) mass is 293 g/mol. The fourth-order valence-corrected chi connectivity index (χ4v) is 1.44. The van der Waals surface area contributed by atoms with Crippen LogP contribution in [0.3, 0.4) is 0 Å². The smallest absolute Gasteiger partial charge is 0.377 e. The molecule has 11 heteroatoms. The van der Waals surface area contributed by atoms with Gasteiger partial charge in [-0.05, 0) is 0 Å². The molecule has 2 aromatic rings. The number of aromatic nitrogens is 4. The van der Waals surface area contributed by atoms with Crippen molar-refractivity contribution in [1.29, 1.82) is 0 Å². The summed E-state index contributed by atoms with van der Waals surface area (Å²) < 4.78 is 5.33. The molecule has 0 saturated heterocycles. The minimum absolute atomic E-state index is 0.212. The fourth-order valence-electron chi connectivity index (χ4n) is 1.44. The van der Waals surface area contributed by atoms with Crippen molar-refractivity contribution < 1.29 is 24.4 Å². The second kappa shape index (κ2) is 5.32. The van der Waals surface area contributed by atoms with E-state index in [0.717, 1.165) is 30.4 Å². The first-order chi connectivity index (χ1) is 9.93. The molecule has 108 valence electrons. The van der Waals surface area contributed by atoms with E-state index in [2.05, 4.69) is 19.8 Å². The lowest BCUT2D eigenvalue weighted by Gasteiger charge is -2.03. The van der Waals surface area contributed by atoms with Crippen LogP contribution in [0.4, 0.5) is 5.69 Å². The molecular formula is C10H7N5O6. The molecule has 0 aliphatic heterocycles. The van der Waals surface area contributed by atoms with Gasteiger partial charge >= 0.3 is 11.9 Å². The van der Waals surface area contributed by atoms with E-state index < -0.39 is 28.1 Å². The first-order valence-corrected chi connectivity index (χ1v) is 5.32. The number of carboxylic acids is 1.